The van der Waals surface area contributed by atoms with E-state index in [0.29, 0.717) is 19.5 Å². The van der Waals surface area contributed by atoms with E-state index < -0.39 is 39.5 Å². The highest BCUT2D eigenvalue weighted by Crippen LogP contribution is 2.42. The number of likely N-dealkylation sites (tertiary alicyclic amines) is 1. The molecule has 0 aliphatic carbocycles. The second kappa shape index (κ2) is 9.92. The summed E-state index contributed by atoms with van der Waals surface area (Å²) in [5.41, 5.74) is 4.81. The summed E-state index contributed by atoms with van der Waals surface area (Å²) in [6.07, 6.45) is -4.61. The molecule has 1 aliphatic heterocycles. The van der Waals surface area contributed by atoms with Crippen LogP contribution < -0.4 is 15.2 Å². The molecule has 192 valence electrons. The van der Waals surface area contributed by atoms with Gasteiger partial charge in [-0.05, 0) is 43.3 Å². The molecule has 36 heavy (non-hydrogen) atoms. The molecule has 2 aromatic carbocycles. The number of nitrogens with two attached hydrogens (primary N) is 1. The molecule has 0 saturated carbocycles. The number of nitrogens with one attached hydrogen (secondary N) is 1. The first-order valence-corrected chi connectivity index (χ1v) is 13.3. The van der Waals surface area contributed by atoms with Crippen molar-refractivity contribution < 1.29 is 31.1 Å². The van der Waals surface area contributed by atoms with E-state index in [9.17, 15) is 26.4 Å². The van der Waals surface area contributed by atoms with E-state index in [2.05, 4.69) is 4.72 Å². The van der Waals surface area contributed by atoms with Crippen LogP contribution in [0.15, 0.2) is 52.7 Å². The smallest absolute Gasteiger partial charge is 0.419 e. The van der Waals surface area contributed by atoms with E-state index in [1.807, 2.05) is 11.9 Å². The van der Waals surface area contributed by atoms with Crippen LogP contribution in [0.25, 0.3) is 11.1 Å². The minimum atomic E-state index is -4.69. The molecule has 0 unspecified atom stereocenters. The van der Waals surface area contributed by atoms with E-state index in [-0.39, 0.29) is 30.9 Å². The van der Waals surface area contributed by atoms with Gasteiger partial charge >= 0.3 is 6.18 Å². The summed E-state index contributed by atoms with van der Waals surface area (Å²) < 4.78 is 75.3. The van der Waals surface area contributed by atoms with Gasteiger partial charge in [-0.15, -0.1) is 11.3 Å². The van der Waals surface area contributed by atoms with E-state index in [4.69, 9.17) is 22.1 Å². The Morgan fingerprint density at radius 2 is 1.92 bits per heavy atom. The van der Waals surface area contributed by atoms with Gasteiger partial charge in [-0.25, -0.2) is 8.42 Å². The van der Waals surface area contributed by atoms with Crippen molar-refractivity contribution in [1.29, 1.82) is 0 Å². The quantitative estimate of drug-likeness (QED) is 0.421. The number of ether oxygens (including phenoxy) is 1. The van der Waals surface area contributed by atoms with Crippen molar-refractivity contribution in [3.05, 3.63) is 64.0 Å². The molecule has 1 aromatic heterocycles. The third-order valence-electron chi connectivity index (χ3n) is 5.58. The van der Waals surface area contributed by atoms with Gasteiger partial charge in [0.25, 0.3) is 10.0 Å². The molecule has 0 radical (unpaired) electrons. The largest absolute Gasteiger partial charge is 0.488 e. The molecule has 1 aliphatic rings. The minimum absolute atomic E-state index is 0.0927. The lowest BCUT2D eigenvalue weighted by Gasteiger charge is -2.19. The second-order valence-corrected chi connectivity index (χ2v) is 11.8. The van der Waals surface area contributed by atoms with Crippen LogP contribution in [-0.4, -0.2) is 45.5 Å². The molecule has 1 saturated heterocycles. The highest BCUT2D eigenvalue weighted by atomic mass is 35.5. The number of sulfonamides is 1. The number of thiophene rings is 1. The number of hydrogen-bond donors (Lipinski definition) is 2. The molecular formula is C23H21ClF3N3O4S2. The van der Waals surface area contributed by atoms with Crippen molar-refractivity contribution >= 4 is 44.6 Å². The van der Waals surface area contributed by atoms with Gasteiger partial charge in [0.15, 0.2) is 0 Å². The van der Waals surface area contributed by atoms with E-state index in [1.165, 1.54) is 18.2 Å². The van der Waals surface area contributed by atoms with Crippen molar-refractivity contribution in [1.82, 2.24) is 4.90 Å². The highest BCUT2D eigenvalue weighted by molar-refractivity contribution is 7.94. The van der Waals surface area contributed by atoms with Crippen molar-refractivity contribution in [2.75, 3.05) is 24.9 Å². The van der Waals surface area contributed by atoms with Gasteiger partial charge in [-0.2, -0.15) is 13.2 Å². The third-order valence-corrected chi connectivity index (χ3v) is 8.76. The van der Waals surface area contributed by atoms with Crippen LogP contribution in [0.3, 0.4) is 0 Å². The number of alkyl halides is 3. The maximum atomic E-state index is 13.6. The van der Waals surface area contributed by atoms with Crippen LogP contribution in [0.1, 0.15) is 22.3 Å². The van der Waals surface area contributed by atoms with Crippen molar-refractivity contribution in [3.8, 4) is 16.9 Å². The lowest BCUT2D eigenvalue weighted by molar-refractivity contribution is -0.139. The molecule has 1 amide bonds. The summed E-state index contributed by atoms with van der Waals surface area (Å²) in [6, 6.07) is 10.4. The first-order valence-electron chi connectivity index (χ1n) is 10.6. The SMILES string of the molecule is CN1CC[C@@H](Oc2cc(NS(=O)(=O)c3sc(Cl)cc3-c3ccccc3C(N)=O)ccc2C(F)(F)F)C1. The maximum Gasteiger partial charge on any atom is 0.419 e. The predicted octanol–water partition coefficient (Wildman–Crippen LogP) is 5.07. The molecule has 13 heteroatoms. The fourth-order valence-corrected chi connectivity index (χ4v) is 6.89. The predicted molar refractivity (Wildman–Crippen MR) is 132 cm³/mol. The number of benzene rings is 2. The number of primary amides is 1. The summed E-state index contributed by atoms with van der Waals surface area (Å²) >= 11 is 6.86. The monoisotopic (exact) mass is 559 g/mol. The number of carbonyl (C=O) groups excluding carboxylic acids is 1. The molecule has 7 nitrogen and oxygen atoms in total. The Bertz CT molecular complexity index is 1410. The van der Waals surface area contributed by atoms with Crippen LogP contribution in [0.4, 0.5) is 18.9 Å². The van der Waals surface area contributed by atoms with E-state index >= 15 is 0 Å². The fraction of sp³-hybridized carbons (Fsp3) is 0.261. The van der Waals surface area contributed by atoms with Crippen LogP contribution in [0, 0.1) is 0 Å². The summed E-state index contributed by atoms with van der Waals surface area (Å²) in [6.45, 7) is 1.12. The summed E-state index contributed by atoms with van der Waals surface area (Å²) in [7, 11) is -2.50. The average molecular weight is 560 g/mol. The molecular weight excluding hydrogens is 539 g/mol. The first kappa shape index (κ1) is 26.3. The Balaban J connectivity index is 1.71. The van der Waals surface area contributed by atoms with Crippen molar-refractivity contribution in [3.63, 3.8) is 0 Å². The second-order valence-electron chi connectivity index (χ2n) is 8.27. The molecule has 4 rings (SSSR count). The third kappa shape index (κ3) is 5.61. The van der Waals surface area contributed by atoms with Gasteiger partial charge in [-0.3, -0.25) is 9.52 Å². The summed E-state index contributed by atoms with van der Waals surface area (Å²) in [5.74, 6) is -1.22. The minimum Gasteiger partial charge on any atom is -0.488 e. The summed E-state index contributed by atoms with van der Waals surface area (Å²) in [5, 5.41) is 0. The van der Waals surface area contributed by atoms with E-state index in [0.717, 1.165) is 29.5 Å². The Morgan fingerprint density at radius 3 is 2.56 bits per heavy atom. The normalized spacial score (nSPS) is 16.8. The first-order chi connectivity index (χ1) is 16.8. The Hall–Kier alpha value is -2.80. The Kier molecular flexibility index (Phi) is 7.24. The molecule has 0 spiro atoms. The van der Waals surface area contributed by atoms with E-state index in [1.54, 1.807) is 12.1 Å². The fourth-order valence-electron chi connectivity index (χ4n) is 3.95. The number of likely N-dealkylation sites (N-methyl/N-ethyl adjacent to an activating group) is 1. The number of halogens is 4. The van der Waals surface area contributed by atoms with Gasteiger partial charge in [-0.1, -0.05) is 29.8 Å². The van der Waals surface area contributed by atoms with Crippen molar-refractivity contribution in [2.45, 2.75) is 22.9 Å². The standard InChI is InChI=1S/C23H21ClF3N3O4S2/c1-30-9-8-14(12-30)34-19-10-13(6-7-18(19)23(25,26)27)29-36(32,33)22-17(11-20(24)35-22)15-4-2-3-5-16(15)21(28)31/h2-7,10-11,14,29H,8-9,12H2,1H3,(H2,28,31)/t14-/m1/s1. The molecule has 3 aromatic rings. The number of carbonyl (C=O) groups is 1. The molecule has 3 N–H and O–H groups in total. The zero-order chi connectivity index (χ0) is 26.3. The zero-order valence-electron chi connectivity index (χ0n) is 18.8. The van der Waals surface area contributed by atoms with Crippen LogP contribution in [-0.2, 0) is 16.2 Å². The van der Waals surface area contributed by atoms with Crippen LogP contribution >= 0.6 is 22.9 Å². The van der Waals surface area contributed by atoms with Gasteiger partial charge in [0.05, 0.1) is 15.6 Å². The van der Waals surface area contributed by atoms with Crippen LogP contribution in [0.2, 0.25) is 4.34 Å². The molecule has 0 bridgehead atoms. The lowest BCUT2D eigenvalue weighted by Crippen LogP contribution is -2.23. The Morgan fingerprint density at radius 1 is 1.19 bits per heavy atom. The van der Waals surface area contributed by atoms with Crippen molar-refractivity contribution in [2.24, 2.45) is 5.73 Å². The highest BCUT2D eigenvalue weighted by Gasteiger charge is 2.36. The number of rotatable bonds is 7. The van der Waals surface area contributed by atoms with Gasteiger partial charge < -0.3 is 15.4 Å². The molecule has 2 heterocycles. The lowest BCUT2D eigenvalue weighted by atomic mass is 10.0. The Labute approximate surface area is 214 Å². The summed E-state index contributed by atoms with van der Waals surface area (Å²) in [4.78, 5) is 13.8. The topological polar surface area (TPSA) is 102 Å². The van der Waals surface area contributed by atoms with Gasteiger partial charge in [0.1, 0.15) is 16.1 Å². The number of hydrogen-bond acceptors (Lipinski definition) is 6. The average Bonchev–Trinajstić information content (AvgIpc) is 3.38. The maximum absolute atomic E-state index is 13.6. The number of anilines is 1. The number of nitrogens with zero attached hydrogens (tertiary/aromatic N) is 1. The zero-order valence-corrected chi connectivity index (χ0v) is 21.2. The van der Waals surface area contributed by atoms with Crippen LogP contribution in [0.5, 0.6) is 5.75 Å². The number of amides is 1. The van der Waals surface area contributed by atoms with Gasteiger partial charge in [0.2, 0.25) is 5.91 Å². The van der Waals surface area contributed by atoms with Gasteiger partial charge in [0, 0.05) is 30.3 Å². The molecule has 1 atom stereocenters. The molecule has 1 fully saturated rings.